The van der Waals surface area contributed by atoms with E-state index >= 15 is 0 Å². The third kappa shape index (κ3) is 5.52. The topological polar surface area (TPSA) is 114 Å². The first-order chi connectivity index (χ1) is 14.9. The van der Waals surface area contributed by atoms with E-state index in [0.29, 0.717) is 11.4 Å². The van der Waals surface area contributed by atoms with Gasteiger partial charge in [0.05, 0.1) is 35.8 Å². The normalized spacial score (nSPS) is 15.4. The molecule has 2 aromatic rings. The summed E-state index contributed by atoms with van der Waals surface area (Å²) in [5, 5.41) is 3.87. The van der Waals surface area contributed by atoms with Crippen LogP contribution >= 0.6 is 11.6 Å². The molecule has 2 N–H and O–H groups in total. The Morgan fingerprint density at radius 1 is 1.13 bits per heavy atom. The molecular formula is C21H20ClN3O6. The summed E-state index contributed by atoms with van der Waals surface area (Å²) in [6.07, 6.45) is -0.143. The molecule has 0 saturated carbocycles. The second-order valence-corrected chi connectivity index (χ2v) is 7.09. The predicted molar refractivity (Wildman–Crippen MR) is 111 cm³/mol. The molecule has 0 radical (unpaired) electrons. The highest BCUT2D eigenvalue weighted by Gasteiger charge is 2.37. The number of hydrogen-bond donors (Lipinski definition) is 2. The number of amides is 3. The lowest BCUT2D eigenvalue weighted by Crippen LogP contribution is -2.43. The van der Waals surface area contributed by atoms with Crippen molar-refractivity contribution in [3.63, 3.8) is 0 Å². The molecule has 0 spiro atoms. The molecule has 1 heterocycles. The number of benzene rings is 2. The van der Waals surface area contributed by atoms with Gasteiger partial charge in [0, 0.05) is 6.42 Å². The Labute approximate surface area is 183 Å². The first kappa shape index (κ1) is 22.1. The maximum absolute atomic E-state index is 12.3. The average molecular weight is 446 g/mol. The van der Waals surface area contributed by atoms with Gasteiger partial charge in [-0.2, -0.15) is 0 Å². The number of carbonyl (C=O) groups is 4. The van der Waals surface area contributed by atoms with Crippen molar-refractivity contribution < 1.29 is 28.7 Å². The van der Waals surface area contributed by atoms with Crippen molar-refractivity contribution in [2.45, 2.75) is 6.42 Å². The number of carbonyl (C=O) groups excluding carboxylic acids is 4. The lowest BCUT2D eigenvalue weighted by Gasteiger charge is -2.18. The van der Waals surface area contributed by atoms with Crippen LogP contribution in [-0.4, -0.2) is 49.0 Å². The molecule has 31 heavy (non-hydrogen) atoms. The molecular weight excluding hydrogens is 426 g/mol. The second kappa shape index (κ2) is 9.94. The van der Waals surface area contributed by atoms with Crippen LogP contribution in [0.4, 0.5) is 5.69 Å². The van der Waals surface area contributed by atoms with Gasteiger partial charge in [0.15, 0.2) is 6.61 Å². The maximum Gasteiger partial charge on any atom is 0.311 e. The van der Waals surface area contributed by atoms with Crippen molar-refractivity contribution in [2.75, 3.05) is 25.6 Å². The number of esters is 1. The van der Waals surface area contributed by atoms with Gasteiger partial charge in [-0.15, -0.1) is 0 Å². The summed E-state index contributed by atoms with van der Waals surface area (Å²) in [5.41, 5.74) is 3.09. The molecule has 9 nitrogen and oxygen atoms in total. The van der Waals surface area contributed by atoms with Crippen LogP contribution in [0.3, 0.4) is 0 Å². The number of methoxy groups -OCH3 is 1. The van der Waals surface area contributed by atoms with Crippen LogP contribution in [0, 0.1) is 5.92 Å². The van der Waals surface area contributed by atoms with Gasteiger partial charge in [0.25, 0.3) is 11.8 Å². The molecule has 0 aromatic heterocycles. The van der Waals surface area contributed by atoms with Gasteiger partial charge in [-0.05, 0) is 24.3 Å². The fourth-order valence-corrected chi connectivity index (χ4v) is 3.21. The molecule has 0 unspecified atom stereocenters. The van der Waals surface area contributed by atoms with Crippen molar-refractivity contribution in [1.82, 2.24) is 10.4 Å². The smallest absolute Gasteiger partial charge is 0.311 e. The molecule has 2 aromatic carbocycles. The number of rotatable bonds is 7. The summed E-state index contributed by atoms with van der Waals surface area (Å²) in [6, 6.07) is 13.2. The van der Waals surface area contributed by atoms with Gasteiger partial charge in [-0.1, -0.05) is 35.9 Å². The van der Waals surface area contributed by atoms with Crippen molar-refractivity contribution in [3.8, 4) is 5.75 Å². The number of anilines is 1. The van der Waals surface area contributed by atoms with E-state index in [9.17, 15) is 19.2 Å². The third-order valence-corrected chi connectivity index (χ3v) is 4.87. The Hall–Kier alpha value is -3.59. The summed E-state index contributed by atoms with van der Waals surface area (Å²) >= 11 is 5.98. The molecule has 1 atom stereocenters. The van der Waals surface area contributed by atoms with Crippen LogP contribution in [0.2, 0.25) is 5.02 Å². The molecule has 1 saturated heterocycles. The summed E-state index contributed by atoms with van der Waals surface area (Å²) in [5.74, 6) is -2.61. The Morgan fingerprint density at radius 3 is 2.58 bits per heavy atom. The van der Waals surface area contributed by atoms with E-state index in [-0.39, 0.29) is 23.6 Å². The zero-order valence-corrected chi connectivity index (χ0v) is 17.3. The van der Waals surface area contributed by atoms with Crippen molar-refractivity contribution in [2.24, 2.45) is 5.92 Å². The highest BCUT2D eigenvalue weighted by molar-refractivity contribution is 6.33. The number of nitrogens with zero attached hydrogens (tertiary/aromatic N) is 1. The SMILES string of the molecule is COc1ccccc1NC(=O)COC(=O)[C@H]1CC(=O)N(NC(=O)c2ccccc2Cl)C1. The second-order valence-electron chi connectivity index (χ2n) is 6.68. The minimum atomic E-state index is -0.807. The molecule has 3 rings (SSSR count). The zero-order chi connectivity index (χ0) is 22.4. The summed E-state index contributed by atoms with van der Waals surface area (Å²) in [7, 11) is 1.47. The van der Waals surface area contributed by atoms with Crippen LogP contribution in [0.1, 0.15) is 16.8 Å². The highest BCUT2D eigenvalue weighted by Crippen LogP contribution is 2.23. The van der Waals surface area contributed by atoms with E-state index in [1.165, 1.54) is 13.2 Å². The van der Waals surface area contributed by atoms with Crippen LogP contribution in [0.5, 0.6) is 5.75 Å². The van der Waals surface area contributed by atoms with Crippen molar-refractivity contribution >= 4 is 41.0 Å². The number of ether oxygens (including phenoxy) is 2. The first-order valence-corrected chi connectivity index (χ1v) is 9.72. The summed E-state index contributed by atoms with van der Waals surface area (Å²) in [4.78, 5) is 48.8. The van der Waals surface area contributed by atoms with Gasteiger partial charge in [0.1, 0.15) is 5.75 Å². The Kier molecular flexibility index (Phi) is 7.09. The number of para-hydroxylation sites is 2. The maximum atomic E-state index is 12.3. The van der Waals surface area contributed by atoms with Crippen molar-refractivity contribution in [3.05, 3.63) is 59.1 Å². The highest BCUT2D eigenvalue weighted by atomic mass is 35.5. The molecule has 10 heteroatoms. The Morgan fingerprint density at radius 2 is 1.84 bits per heavy atom. The van der Waals surface area contributed by atoms with Gasteiger partial charge in [-0.3, -0.25) is 29.6 Å². The molecule has 1 aliphatic heterocycles. The Bertz CT molecular complexity index is 1010. The molecule has 0 bridgehead atoms. The van der Waals surface area contributed by atoms with Gasteiger partial charge in [0.2, 0.25) is 5.91 Å². The fraction of sp³-hybridized carbons (Fsp3) is 0.238. The summed E-state index contributed by atoms with van der Waals surface area (Å²) in [6.45, 7) is -0.588. The average Bonchev–Trinajstić information content (AvgIpc) is 3.13. The molecule has 3 amide bonds. The monoisotopic (exact) mass is 445 g/mol. The van der Waals surface area contributed by atoms with E-state index in [1.807, 2.05) is 0 Å². The van der Waals surface area contributed by atoms with E-state index < -0.39 is 36.2 Å². The molecule has 0 aliphatic carbocycles. The predicted octanol–water partition coefficient (Wildman–Crippen LogP) is 2.02. The van der Waals surface area contributed by atoms with Crippen molar-refractivity contribution in [1.29, 1.82) is 0 Å². The lowest BCUT2D eigenvalue weighted by atomic mass is 10.1. The lowest BCUT2D eigenvalue weighted by molar-refractivity contribution is -0.151. The number of hydrogen-bond acceptors (Lipinski definition) is 6. The van der Waals surface area contributed by atoms with Crippen LogP contribution in [0.15, 0.2) is 48.5 Å². The van der Waals surface area contributed by atoms with Crippen LogP contribution < -0.4 is 15.5 Å². The third-order valence-electron chi connectivity index (χ3n) is 4.54. The number of hydrazine groups is 1. The Balaban J connectivity index is 1.50. The zero-order valence-electron chi connectivity index (χ0n) is 16.6. The van der Waals surface area contributed by atoms with E-state index in [2.05, 4.69) is 10.7 Å². The molecule has 1 aliphatic rings. The largest absolute Gasteiger partial charge is 0.495 e. The summed E-state index contributed by atoms with van der Waals surface area (Å²) < 4.78 is 10.2. The van der Waals surface area contributed by atoms with E-state index in [0.717, 1.165) is 5.01 Å². The van der Waals surface area contributed by atoms with Gasteiger partial charge >= 0.3 is 5.97 Å². The minimum absolute atomic E-state index is 0.0675. The van der Waals surface area contributed by atoms with E-state index in [1.54, 1.807) is 42.5 Å². The fourth-order valence-electron chi connectivity index (χ4n) is 2.99. The minimum Gasteiger partial charge on any atom is -0.495 e. The standard InChI is InChI=1S/C21H20ClN3O6/c1-30-17-9-5-4-8-16(17)23-18(26)12-31-21(29)13-10-19(27)25(11-13)24-20(28)14-6-2-3-7-15(14)22/h2-9,13H,10-12H2,1H3,(H,23,26)(H,24,28)/t13-/m0/s1. The first-order valence-electron chi connectivity index (χ1n) is 9.34. The quantitative estimate of drug-likeness (QED) is 0.630. The van der Waals surface area contributed by atoms with E-state index in [4.69, 9.17) is 21.1 Å². The van der Waals surface area contributed by atoms with Gasteiger partial charge < -0.3 is 14.8 Å². The molecule has 162 valence electrons. The number of nitrogens with one attached hydrogen (secondary N) is 2. The number of halogens is 1. The van der Waals surface area contributed by atoms with Crippen LogP contribution in [-0.2, 0) is 19.1 Å². The molecule has 1 fully saturated rings. The van der Waals surface area contributed by atoms with Gasteiger partial charge in [-0.25, -0.2) is 0 Å². The van der Waals surface area contributed by atoms with Crippen LogP contribution in [0.25, 0.3) is 0 Å².